The Hall–Kier alpha value is -1.77. The molecule has 0 bridgehead atoms. The van der Waals surface area contributed by atoms with Crippen LogP contribution in [0.4, 0.5) is 5.69 Å². The summed E-state index contributed by atoms with van der Waals surface area (Å²) in [7, 11) is 0. The minimum atomic E-state index is -0.699. The largest absolute Gasteiger partial charge is 0.507 e. The molecular weight excluding hydrogens is 232 g/mol. The quantitative estimate of drug-likeness (QED) is 0.821. The predicted octanol–water partition coefficient (Wildman–Crippen LogP) is 1.17. The summed E-state index contributed by atoms with van der Waals surface area (Å²) >= 11 is 0. The van der Waals surface area contributed by atoms with Crippen LogP contribution in [0, 0.1) is 11.3 Å². The van der Waals surface area contributed by atoms with Crippen molar-refractivity contribution in [1.82, 2.24) is 0 Å². The number of rotatable bonds is 2. The second kappa shape index (κ2) is 5.25. The Kier molecular flexibility index (Phi) is 3.70. The van der Waals surface area contributed by atoms with Crippen molar-refractivity contribution in [2.75, 3.05) is 24.6 Å². The highest BCUT2D eigenvalue weighted by molar-refractivity contribution is 5.54. The highest BCUT2D eigenvalue weighted by atomic mass is 16.5. The monoisotopic (exact) mass is 248 g/mol. The molecule has 0 spiro atoms. The molecular formula is C13H16N2O3. The molecule has 1 aromatic rings. The standard InChI is InChI=1S/C13H16N2O3/c1-9(16)12-3-2-10(6-13(12)17)15-4-5-18-11(7-14)8-15/h2-3,6,9,11,16-17H,4-5,8H2,1H3. The lowest BCUT2D eigenvalue weighted by molar-refractivity contribution is 0.0764. The van der Waals surface area contributed by atoms with Crippen molar-refractivity contribution in [1.29, 1.82) is 5.26 Å². The molecule has 5 heteroatoms. The number of anilines is 1. The van der Waals surface area contributed by atoms with Crippen LogP contribution in [0.1, 0.15) is 18.6 Å². The normalized spacial score (nSPS) is 21.4. The third kappa shape index (κ3) is 2.55. The minimum absolute atomic E-state index is 0.0718. The highest BCUT2D eigenvalue weighted by Gasteiger charge is 2.21. The molecule has 0 radical (unpaired) electrons. The number of benzene rings is 1. The average Bonchev–Trinajstić information content (AvgIpc) is 2.38. The van der Waals surface area contributed by atoms with E-state index in [0.29, 0.717) is 25.3 Å². The molecule has 1 aliphatic heterocycles. The zero-order valence-electron chi connectivity index (χ0n) is 10.2. The number of aliphatic hydroxyl groups is 1. The third-order valence-corrected chi connectivity index (χ3v) is 3.04. The van der Waals surface area contributed by atoms with Gasteiger partial charge in [-0.3, -0.25) is 0 Å². The summed E-state index contributed by atoms with van der Waals surface area (Å²) in [5.74, 6) is 0.0718. The van der Waals surface area contributed by atoms with E-state index in [-0.39, 0.29) is 5.75 Å². The second-order valence-corrected chi connectivity index (χ2v) is 4.35. The van der Waals surface area contributed by atoms with E-state index in [1.807, 2.05) is 11.0 Å². The summed E-state index contributed by atoms with van der Waals surface area (Å²) in [4.78, 5) is 1.99. The van der Waals surface area contributed by atoms with E-state index in [1.54, 1.807) is 19.1 Å². The Balaban J connectivity index is 2.19. The van der Waals surface area contributed by atoms with Crippen LogP contribution in [0.5, 0.6) is 5.75 Å². The smallest absolute Gasteiger partial charge is 0.161 e. The van der Waals surface area contributed by atoms with Crippen LogP contribution in [0.3, 0.4) is 0 Å². The Morgan fingerprint density at radius 2 is 2.33 bits per heavy atom. The molecule has 1 aliphatic rings. The van der Waals surface area contributed by atoms with Crippen molar-refractivity contribution >= 4 is 5.69 Å². The van der Waals surface area contributed by atoms with Gasteiger partial charge in [0.15, 0.2) is 6.10 Å². The van der Waals surface area contributed by atoms with Crippen LogP contribution in [-0.4, -0.2) is 36.0 Å². The summed E-state index contributed by atoms with van der Waals surface area (Å²) in [6, 6.07) is 7.23. The van der Waals surface area contributed by atoms with Crippen LogP contribution in [0.2, 0.25) is 0 Å². The number of aromatic hydroxyl groups is 1. The van der Waals surface area contributed by atoms with Crippen molar-refractivity contribution in [2.24, 2.45) is 0 Å². The number of nitriles is 1. The Bertz CT molecular complexity index is 468. The number of ether oxygens (including phenoxy) is 1. The molecule has 1 saturated heterocycles. The first-order valence-corrected chi connectivity index (χ1v) is 5.89. The van der Waals surface area contributed by atoms with Gasteiger partial charge in [0.1, 0.15) is 5.75 Å². The van der Waals surface area contributed by atoms with Crippen LogP contribution >= 0.6 is 0 Å². The molecule has 96 valence electrons. The summed E-state index contributed by atoms with van der Waals surface area (Å²) < 4.78 is 5.27. The van der Waals surface area contributed by atoms with Crippen molar-refractivity contribution in [2.45, 2.75) is 19.1 Å². The van der Waals surface area contributed by atoms with Gasteiger partial charge in [-0.1, -0.05) is 6.07 Å². The molecule has 18 heavy (non-hydrogen) atoms. The van der Waals surface area contributed by atoms with Crippen LogP contribution < -0.4 is 4.90 Å². The van der Waals surface area contributed by atoms with Crippen LogP contribution in [-0.2, 0) is 4.74 Å². The first-order chi connectivity index (χ1) is 8.61. The van der Waals surface area contributed by atoms with Crippen molar-refractivity contribution in [3.63, 3.8) is 0 Å². The van der Waals surface area contributed by atoms with E-state index in [1.165, 1.54) is 0 Å². The van der Waals surface area contributed by atoms with Crippen LogP contribution in [0.15, 0.2) is 18.2 Å². The molecule has 0 amide bonds. The first-order valence-electron chi connectivity index (χ1n) is 5.89. The molecule has 1 fully saturated rings. The van der Waals surface area contributed by atoms with Crippen molar-refractivity contribution < 1.29 is 14.9 Å². The number of aliphatic hydroxyl groups excluding tert-OH is 1. The minimum Gasteiger partial charge on any atom is -0.507 e. The van der Waals surface area contributed by atoms with Gasteiger partial charge in [-0.05, 0) is 13.0 Å². The third-order valence-electron chi connectivity index (χ3n) is 3.04. The van der Waals surface area contributed by atoms with Gasteiger partial charge in [0, 0.05) is 23.9 Å². The number of hydrogen-bond acceptors (Lipinski definition) is 5. The summed E-state index contributed by atoms with van der Waals surface area (Å²) in [6.45, 7) is 3.28. The number of phenolic OH excluding ortho intramolecular Hbond substituents is 1. The molecule has 0 aromatic heterocycles. The van der Waals surface area contributed by atoms with E-state index >= 15 is 0 Å². The molecule has 0 aliphatic carbocycles. The lowest BCUT2D eigenvalue weighted by Gasteiger charge is -2.31. The topological polar surface area (TPSA) is 76.7 Å². The first kappa shape index (κ1) is 12.7. The lowest BCUT2D eigenvalue weighted by Crippen LogP contribution is -2.41. The Labute approximate surface area is 106 Å². The fourth-order valence-corrected chi connectivity index (χ4v) is 2.04. The molecule has 2 N–H and O–H groups in total. The van der Waals surface area contributed by atoms with Gasteiger partial charge in [-0.15, -0.1) is 0 Å². The van der Waals surface area contributed by atoms with Crippen molar-refractivity contribution in [3.8, 4) is 11.8 Å². The maximum atomic E-state index is 9.83. The van der Waals surface area contributed by atoms with Gasteiger partial charge in [-0.2, -0.15) is 5.26 Å². The molecule has 5 nitrogen and oxygen atoms in total. The Morgan fingerprint density at radius 3 is 2.94 bits per heavy atom. The van der Waals surface area contributed by atoms with Gasteiger partial charge in [-0.25, -0.2) is 0 Å². The SMILES string of the molecule is CC(O)c1ccc(N2CCOC(C#N)C2)cc1O. The number of hydrogen-bond donors (Lipinski definition) is 2. The number of nitrogens with zero attached hydrogens (tertiary/aromatic N) is 2. The predicted molar refractivity (Wildman–Crippen MR) is 66.3 cm³/mol. The van der Waals surface area contributed by atoms with Gasteiger partial charge in [0.2, 0.25) is 0 Å². The van der Waals surface area contributed by atoms with Gasteiger partial charge in [0.25, 0.3) is 0 Å². The molecule has 1 heterocycles. The summed E-state index contributed by atoms with van der Waals surface area (Å²) in [5, 5.41) is 28.1. The molecule has 0 saturated carbocycles. The summed E-state index contributed by atoms with van der Waals surface area (Å²) in [5.41, 5.74) is 1.34. The molecule has 1 aromatic carbocycles. The zero-order valence-corrected chi connectivity index (χ0v) is 10.2. The second-order valence-electron chi connectivity index (χ2n) is 4.35. The van der Waals surface area contributed by atoms with Gasteiger partial charge >= 0.3 is 0 Å². The maximum absolute atomic E-state index is 9.83. The van der Waals surface area contributed by atoms with Crippen molar-refractivity contribution in [3.05, 3.63) is 23.8 Å². The molecule has 2 unspecified atom stereocenters. The summed E-state index contributed by atoms with van der Waals surface area (Å²) in [6.07, 6.45) is -1.13. The van der Waals surface area contributed by atoms with E-state index in [9.17, 15) is 10.2 Å². The van der Waals surface area contributed by atoms with E-state index in [0.717, 1.165) is 5.69 Å². The molecule has 2 atom stereocenters. The number of phenols is 1. The number of morpholine rings is 1. The zero-order chi connectivity index (χ0) is 13.1. The average molecular weight is 248 g/mol. The van der Waals surface area contributed by atoms with Gasteiger partial charge in [0.05, 0.1) is 25.3 Å². The maximum Gasteiger partial charge on any atom is 0.161 e. The fourth-order valence-electron chi connectivity index (χ4n) is 2.04. The fraction of sp³-hybridized carbons (Fsp3) is 0.462. The van der Waals surface area contributed by atoms with E-state index in [2.05, 4.69) is 6.07 Å². The Morgan fingerprint density at radius 1 is 1.56 bits per heavy atom. The van der Waals surface area contributed by atoms with Crippen LogP contribution in [0.25, 0.3) is 0 Å². The van der Waals surface area contributed by atoms with E-state index < -0.39 is 12.2 Å². The molecule has 2 rings (SSSR count). The van der Waals surface area contributed by atoms with E-state index in [4.69, 9.17) is 10.00 Å². The lowest BCUT2D eigenvalue weighted by atomic mass is 10.1. The highest BCUT2D eigenvalue weighted by Crippen LogP contribution is 2.29. The van der Waals surface area contributed by atoms with Gasteiger partial charge < -0.3 is 19.8 Å².